The maximum atomic E-state index is 9.99. The molecule has 6 N–H and O–H groups in total. The lowest BCUT2D eigenvalue weighted by molar-refractivity contribution is -0.136. The van der Waals surface area contributed by atoms with Gasteiger partial charge in [-0.3, -0.25) is 0 Å². The lowest BCUT2D eigenvalue weighted by atomic mass is 10.0. The molecular weight excluding hydrogens is 166 g/mol. The highest BCUT2D eigenvalue weighted by Crippen LogP contribution is 2.09. The number of hydrogen-bond donors (Lipinski definition) is 5. The van der Waals surface area contributed by atoms with E-state index in [2.05, 4.69) is 0 Å². The first-order valence-corrected chi connectivity index (χ1v) is 3.37. The number of aldehydes is 1. The van der Waals surface area contributed by atoms with E-state index in [1.165, 1.54) is 0 Å². The summed E-state index contributed by atoms with van der Waals surface area (Å²) < 4.78 is 0. The zero-order valence-corrected chi connectivity index (χ0v) is 6.42. The first-order valence-electron chi connectivity index (χ1n) is 3.37. The molecule has 0 aliphatic rings. The highest BCUT2D eigenvalue weighted by molar-refractivity contribution is 5.57. The summed E-state index contributed by atoms with van der Waals surface area (Å²) >= 11 is 0. The third-order valence-electron chi connectivity index (χ3n) is 1.41. The summed E-state index contributed by atoms with van der Waals surface area (Å²) in [7, 11) is 0. The minimum absolute atomic E-state index is 0.0596. The van der Waals surface area contributed by atoms with Gasteiger partial charge in [0.05, 0.1) is 12.7 Å². The van der Waals surface area contributed by atoms with Crippen molar-refractivity contribution in [2.45, 2.75) is 24.4 Å². The Morgan fingerprint density at radius 2 is 2.00 bits per heavy atom. The number of aliphatic hydroxyl groups excluding tert-OH is 3. The first-order chi connectivity index (χ1) is 5.44. The minimum atomic E-state index is -2.19. The maximum Gasteiger partial charge on any atom is 0.152 e. The molecule has 0 aliphatic carbocycles. The fourth-order valence-corrected chi connectivity index (χ4v) is 0.681. The molecule has 0 aromatic rings. The van der Waals surface area contributed by atoms with Gasteiger partial charge in [0, 0.05) is 6.42 Å². The number of nitrogens with two attached hydrogens (primary N) is 1. The van der Waals surface area contributed by atoms with Crippen LogP contribution >= 0.6 is 0 Å². The fourth-order valence-electron chi connectivity index (χ4n) is 0.681. The van der Waals surface area contributed by atoms with E-state index in [1.807, 2.05) is 0 Å². The molecule has 0 saturated heterocycles. The van der Waals surface area contributed by atoms with Gasteiger partial charge in [-0.15, -0.1) is 0 Å². The van der Waals surface area contributed by atoms with Crippen LogP contribution in [-0.2, 0) is 4.79 Å². The molecule has 6 nitrogen and oxygen atoms in total. The molecule has 6 heteroatoms. The maximum absolute atomic E-state index is 9.99. The predicted molar refractivity (Wildman–Crippen MR) is 38.9 cm³/mol. The van der Waals surface area contributed by atoms with Crippen molar-refractivity contribution in [3.8, 4) is 0 Å². The molecule has 0 aromatic heterocycles. The van der Waals surface area contributed by atoms with Crippen LogP contribution in [0, 0.1) is 0 Å². The Bertz CT molecular complexity index is 149. The molecule has 0 spiro atoms. The third kappa shape index (κ3) is 3.24. The van der Waals surface area contributed by atoms with E-state index in [9.17, 15) is 4.79 Å². The molecule has 0 aromatic carbocycles. The Hall–Kier alpha value is -0.530. The van der Waals surface area contributed by atoms with E-state index in [-0.39, 0.29) is 6.29 Å². The van der Waals surface area contributed by atoms with Crippen LogP contribution in [0.25, 0.3) is 0 Å². The van der Waals surface area contributed by atoms with Crippen LogP contribution < -0.4 is 5.73 Å². The van der Waals surface area contributed by atoms with Crippen LogP contribution in [-0.4, -0.2) is 51.3 Å². The topological polar surface area (TPSA) is 124 Å². The zero-order valence-electron chi connectivity index (χ0n) is 6.42. The SMILES string of the molecule is N[C@](O)(C[C@H](O)CO)[C@@H](O)C=O. The first kappa shape index (κ1) is 11.5. The minimum Gasteiger partial charge on any atom is -0.394 e. The molecule has 0 radical (unpaired) electrons. The van der Waals surface area contributed by atoms with Crippen LogP contribution in [0.5, 0.6) is 0 Å². The molecule has 3 atom stereocenters. The second-order valence-corrected chi connectivity index (χ2v) is 2.61. The number of carbonyl (C=O) groups excluding carboxylic acids is 1. The summed E-state index contributed by atoms with van der Waals surface area (Å²) in [6.07, 6.45) is -3.43. The van der Waals surface area contributed by atoms with Crippen molar-refractivity contribution < 1.29 is 25.2 Å². The van der Waals surface area contributed by atoms with Gasteiger partial charge in [0.15, 0.2) is 12.4 Å². The van der Waals surface area contributed by atoms with E-state index in [1.54, 1.807) is 0 Å². The van der Waals surface area contributed by atoms with Crippen LogP contribution in [0.1, 0.15) is 6.42 Å². The van der Waals surface area contributed by atoms with Crippen molar-refractivity contribution in [2.24, 2.45) is 5.73 Å². The fraction of sp³-hybridized carbons (Fsp3) is 0.833. The number of aliphatic hydroxyl groups is 4. The summed E-state index contributed by atoms with van der Waals surface area (Å²) in [5.41, 5.74) is 2.86. The average molecular weight is 179 g/mol. The molecule has 0 heterocycles. The highest BCUT2D eigenvalue weighted by Gasteiger charge is 2.33. The number of hydrogen-bond acceptors (Lipinski definition) is 6. The molecular formula is C6H13NO5. The van der Waals surface area contributed by atoms with Gasteiger partial charge < -0.3 is 31.0 Å². The second kappa shape index (κ2) is 4.48. The molecule has 0 fully saturated rings. The molecule has 0 bridgehead atoms. The summed E-state index contributed by atoms with van der Waals surface area (Å²) in [5.74, 6) is 0. The summed E-state index contributed by atoms with van der Waals surface area (Å²) in [6, 6.07) is 0. The standard InChI is InChI=1S/C6H13NO5/c7-6(12,5(11)3-9)1-4(10)2-8/h3-5,8,10-12H,1-2,7H2/t4-,5-,6-/m0/s1. The van der Waals surface area contributed by atoms with Crippen molar-refractivity contribution in [1.29, 1.82) is 0 Å². The molecule has 0 saturated carbocycles. The Kier molecular flexibility index (Phi) is 4.29. The lowest BCUT2D eigenvalue weighted by Crippen LogP contribution is -2.54. The van der Waals surface area contributed by atoms with Gasteiger partial charge in [0.1, 0.15) is 5.72 Å². The number of rotatable bonds is 5. The van der Waals surface area contributed by atoms with E-state index < -0.39 is 31.0 Å². The Morgan fingerprint density at radius 1 is 1.50 bits per heavy atom. The average Bonchev–Trinajstić information content (AvgIpc) is 2.02. The predicted octanol–water partition coefficient (Wildman–Crippen LogP) is -3.06. The van der Waals surface area contributed by atoms with E-state index in [0.717, 1.165) is 0 Å². The van der Waals surface area contributed by atoms with Gasteiger partial charge >= 0.3 is 0 Å². The van der Waals surface area contributed by atoms with Gasteiger partial charge in [-0.05, 0) is 0 Å². The Morgan fingerprint density at radius 3 is 2.33 bits per heavy atom. The van der Waals surface area contributed by atoms with Crippen LogP contribution in [0.15, 0.2) is 0 Å². The van der Waals surface area contributed by atoms with Crippen molar-refractivity contribution in [2.75, 3.05) is 6.61 Å². The zero-order chi connectivity index (χ0) is 9.78. The van der Waals surface area contributed by atoms with Gasteiger partial charge in [0.2, 0.25) is 0 Å². The van der Waals surface area contributed by atoms with Gasteiger partial charge in [-0.2, -0.15) is 0 Å². The van der Waals surface area contributed by atoms with Crippen molar-refractivity contribution in [3.63, 3.8) is 0 Å². The van der Waals surface area contributed by atoms with Gasteiger partial charge in [-0.1, -0.05) is 0 Å². The van der Waals surface area contributed by atoms with E-state index in [0.29, 0.717) is 0 Å². The normalized spacial score (nSPS) is 21.1. The molecule has 0 rings (SSSR count). The van der Waals surface area contributed by atoms with Crippen molar-refractivity contribution in [1.82, 2.24) is 0 Å². The van der Waals surface area contributed by atoms with E-state index in [4.69, 9.17) is 26.2 Å². The summed E-state index contributed by atoms with van der Waals surface area (Å²) in [4.78, 5) is 9.99. The Balaban J connectivity index is 4.10. The molecule has 0 aliphatic heterocycles. The lowest BCUT2D eigenvalue weighted by Gasteiger charge is -2.26. The molecule has 0 amide bonds. The third-order valence-corrected chi connectivity index (χ3v) is 1.41. The Labute approximate surface area is 69.2 Å². The molecule has 12 heavy (non-hydrogen) atoms. The van der Waals surface area contributed by atoms with Gasteiger partial charge in [0.25, 0.3) is 0 Å². The highest BCUT2D eigenvalue weighted by atomic mass is 16.4. The van der Waals surface area contributed by atoms with Crippen molar-refractivity contribution >= 4 is 6.29 Å². The second-order valence-electron chi connectivity index (χ2n) is 2.61. The quantitative estimate of drug-likeness (QED) is 0.225. The number of carbonyl (C=O) groups is 1. The molecule has 72 valence electrons. The summed E-state index contributed by atoms with van der Waals surface area (Å²) in [5, 5.41) is 35.1. The molecule has 0 unspecified atom stereocenters. The van der Waals surface area contributed by atoms with E-state index >= 15 is 0 Å². The van der Waals surface area contributed by atoms with Gasteiger partial charge in [-0.25, -0.2) is 0 Å². The van der Waals surface area contributed by atoms with Crippen LogP contribution in [0.3, 0.4) is 0 Å². The largest absolute Gasteiger partial charge is 0.394 e. The van der Waals surface area contributed by atoms with Crippen molar-refractivity contribution in [3.05, 3.63) is 0 Å². The van der Waals surface area contributed by atoms with Crippen LogP contribution in [0.4, 0.5) is 0 Å². The van der Waals surface area contributed by atoms with Crippen LogP contribution in [0.2, 0.25) is 0 Å². The smallest absolute Gasteiger partial charge is 0.152 e. The summed E-state index contributed by atoms with van der Waals surface area (Å²) in [6.45, 7) is -0.592. The monoisotopic (exact) mass is 179 g/mol.